The van der Waals surface area contributed by atoms with Gasteiger partial charge in [-0.15, -0.1) is 0 Å². The van der Waals surface area contributed by atoms with Crippen LogP contribution in [0.25, 0.3) is 0 Å². The number of hydrogen-bond donors (Lipinski definition) is 1. The molecule has 3 heteroatoms. The Morgan fingerprint density at radius 2 is 1.68 bits per heavy atom. The minimum atomic E-state index is 0.257. The van der Waals surface area contributed by atoms with Gasteiger partial charge in [-0.25, -0.2) is 0 Å². The third-order valence-electron chi connectivity index (χ3n) is 5.99. The van der Waals surface area contributed by atoms with Crippen LogP contribution in [-0.4, -0.2) is 42.8 Å². The Bertz CT molecular complexity index is 272. The van der Waals surface area contributed by atoms with Gasteiger partial charge in [0.15, 0.2) is 0 Å². The van der Waals surface area contributed by atoms with Crippen LogP contribution in [0.2, 0.25) is 0 Å². The summed E-state index contributed by atoms with van der Waals surface area (Å²) in [5, 5.41) is 0. The average molecular weight is 268 g/mol. The van der Waals surface area contributed by atoms with E-state index in [0.717, 1.165) is 26.0 Å². The first-order valence-electron chi connectivity index (χ1n) is 8.20. The number of hydrogen-bond acceptors (Lipinski definition) is 3. The van der Waals surface area contributed by atoms with Gasteiger partial charge in [0, 0.05) is 18.7 Å². The van der Waals surface area contributed by atoms with Crippen LogP contribution in [-0.2, 0) is 4.74 Å². The molecule has 0 unspecified atom stereocenters. The molecule has 2 N–H and O–H groups in total. The van der Waals surface area contributed by atoms with Gasteiger partial charge >= 0.3 is 0 Å². The van der Waals surface area contributed by atoms with Crippen LogP contribution >= 0.6 is 0 Å². The zero-order valence-corrected chi connectivity index (χ0v) is 13.1. The van der Waals surface area contributed by atoms with Crippen LogP contribution < -0.4 is 5.73 Å². The van der Waals surface area contributed by atoms with Gasteiger partial charge < -0.3 is 10.5 Å². The van der Waals surface area contributed by atoms with E-state index in [1.807, 2.05) is 0 Å². The normalized spacial score (nSPS) is 35.1. The van der Waals surface area contributed by atoms with E-state index in [4.69, 9.17) is 10.5 Å². The van der Waals surface area contributed by atoms with Gasteiger partial charge in [-0.2, -0.15) is 0 Å². The molecule has 112 valence electrons. The molecule has 0 spiro atoms. The minimum absolute atomic E-state index is 0.257. The largest absolute Gasteiger partial charge is 0.378 e. The predicted molar refractivity (Wildman–Crippen MR) is 80.3 cm³/mol. The van der Waals surface area contributed by atoms with Crippen LogP contribution in [0, 0.1) is 5.41 Å². The smallest absolute Gasteiger partial charge is 0.0611 e. The Hall–Kier alpha value is -0.120. The quantitative estimate of drug-likeness (QED) is 0.805. The molecular formula is C16H32N2O. The number of nitrogens with zero attached hydrogens (tertiary/aromatic N) is 1. The van der Waals surface area contributed by atoms with Crippen LogP contribution in [0.4, 0.5) is 0 Å². The lowest BCUT2D eigenvalue weighted by molar-refractivity contribution is -0.114. The summed E-state index contributed by atoms with van der Waals surface area (Å²) < 4.78 is 5.73. The summed E-state index contributed by atoms with van der Waals surface area (Å²) in [6, 6.07) is 0. The maximum Gasteiger partial charge on any atom is 0.0611 e. The van der Waals surface area contributed by atoms with Gasteiger partial charge in [0.2, 0.25) is 0 Å². The highest BCUT2D eigenvalue weighted by Crippen LogP contribution is 2.45. The molecule has 0 aromatic carbocycles. The van der Waals surface area contributed by atoms with Gasteiger partial charge in [0.05, 0.1) is 6.10 Å². The van der Waals surface area contributed by atoms with Crippen molar-refractivity contribution in [3.8, 4) is 0 Å². The van der Waals surface area contributed by atoms with E-state index in [9.17, 15) is 0 Å². The molecule has 0 atom stereocenters. The number of likely N-dealkylation sites (tertiary alicyclic amines) is 1. The maximum absolute atomic E-state index is 6.09. The highest BCUT2D eigenvalue weighted by atomic mass is 16.5. The van der Waals surface area contributed by atoms with Crippen molar-refractivity contribution in [1.29, 1.82) is 0 Å². The molecule has 0 aromatic heterocycles. The number of nitrogens with two attached hydrogens (primary N) is 1. The molecule has 0 amide bonds. The van der Waals surface area contributed by atoms with Crippen molar-refractivity contribution >= 4 is 0 Å². The topological polar surface area (TPSA) is 38.5 Å². The Morgan fingerprint density at radius 3 is 2.11 bits per heavy atom. The zero-order chi connectivity index (χ0) is 13.9. The maximum atomic E-state index is 6.09. The number of piperidine rings is 1. The molecule has 1 aliphatic heterocycles. The molecule has 2 rings (SSSR count). The van der Waals surface area contributed by atoms with E-state index in [1.54, 1.807) is 0 Å². The van der Waals surface area contributed by atoms with Crippen molar-refractivity contribution in [2.24, 2.45) is 11.1 Å². The fraction of sp³-hybridized carbons (Fsp3) is 1.00. The predicted octanol–water partition coefficient (Wildman–Crippen LogP) is 2.79. The standard InChI is InChI=1S/C16H32N2O/c1-4-15(5-2)7-9-18(10-8-15)16(13-17)11-14(12-16)19-6-3/h14H,4-13,17H2,1-3H3. The second-order valence-electron chi connectivity index (χ2n) is 6.61. The summed E-state index contributed by atoms with van der Waals surface area (Å²) in [6.07, 6.45) is 8.09. The van der Waals surface area contributed by atoms with Crippen molar-refractivity contribution in [3.63, 3.8) is 0 Å². The average Bonchev–Trinajstić information content (AvgIpc) is 2.43. The molecule has 2 fully saturated rings. The molecule has 0 aromatic rings. The Balaban J connectivity index is 1.90. The Kier molecular flexibility index (Phi) is 4.91. The molecule has 0 radical (unpaired) electrons. The summed E-state index contributed by atoms with van der Waals surface area (Å²) in [4.78, 5) is 2.67. The SMILES string of the molecule is CCOC1CC(CN)(N2CCC(CC)(CC)CC2)C1. The third kappa shape index (κ3) is 2.84. The van der Waals surface area contributed by atoms with Gasteiger partial charge in [0.1, 0.15) is 0 Å². The van der Waals surface area contributed by atoms with Gasteiger partial charge in [-0.3, -0.25) is 4.90 Å². The van der Waals surface area contributed by atoms with Crippen molar-refractivity contribution in [2.75, 3.05) is 26.2 Å². The van der Waals surface area contributed by atoms with Crippen molar-refractivity contribution in [2.45, 2.75) is 70.9 Å². The van der Waals surface area contributed by atoms with Crippen molar-refractivity contribution in [3.05, 3.63) is 0 Å². The Morgan fingerprint density at radius 1 is 1.11 bits per heavy atom. The second kappa shape index (κ2) is 6.11. The molecule has 1 heterocycles. The minimum Gasteiger partial charge on any atom is -0.378 e. The summed E-state index contributed by atoms with van der Waals surface area (Å²) in [6.45, 7) is 10.9. The van der Waals surface area contributed by atoms with Crippen LogP contribution in [0.3, 0.4) is 0 Å². The monoisotopic (exact) mass is 268 g/mol. The van der Waals surface area contributed by atoms with Crippen LogP contribution in [0.5, 0.6) is 0 Å². The first kappa shape index (κ1) is 15.3. The molecule has 2 aliphatic rings. The molecule has 19 heavy (non-hydrogen) atoms. The van der Waals surface area contributed by atoms with Crippen LogP contribution in [0.1, 0.15) is 59.3 Å². The van der Waals surface area contributed by atoms with E-state index in [-0.39, 0.29) is 5.54 Å². The lowest BCUT2D eigenvalue weighted by atomic mass is 9.68. The number of rotatable bonds is 6. The fourth-order valence-electron chi connectivity index (χ4n) is 4.11. The fourth-order valence-corrected chi connectivity index (χ4v) is 4.11. The lowest BCUT2D eigenvalue weighted by Crippen LogP contribution is -2.65. The van der Waals surface area contributed by atoms with Crippen LogP contribution in [0.15, 0.2) is 0 Å². The molecule has 3 nitrogen and oxygen atoms in total. The van der Waals surface area contributed by atoms with Gasteiger partial charge in [-0.1, -0.05) is 26.7 Å². The third-order valence-corrected chi connectivity index (χ3v) is 5.99. The van der Waals surface area contributed by atoms with E-state index in [2.05, 4.69) is 25.7 Å². The summed E-state index contributed by atoms with van der Waals surface area (Å²) in [7, 11) is 0. The molecule has 1 saturated heterocycles. The van der Waals surface area contributed by atoms with E-state index < -0.39 is 0 Å². The van der Waals surface area contributed by atoms with E-state index >= 15 is 0 Å². The summed E-state index contributed by atoms with van der Waals surface area (Å²) >= 11 is 0. The van der Waals surface area contributed by atoms with Gasteiger partial charge in [-0.05, 0) is 51.1 Å². The van der Waals surface area contributed by atoms with E-state index in [0.29, 0.717) is 11.5 Å². The molecule has 1 saturated carbocycles. The van der Waals surface area contributed by atoms with Crippen molar-refractivity contribution < 1.29 is 4.74 Å². The highest BCUT2D eigenvalue weighted by molar-refractivity contribution is 5.06. The van der Waals surface area contributed by atoms with E-state index in [1.165, 1.54) is 38.8 Å². The van der Waals surface area contributed by atoms with Gasteiger partial charge in [0.25, 0.3) is 0 Å². The number of ether oxygens (including phenoxy) is 1. The summed E-state index contributed by atoms with van der Waals surface area (Å²) in [5.41, 5.74) is 6.96. The summed E-state index contributed by atoms with van der Waals surface area (Å²) in [5.74, 6) is 0. The highest BCUT2D eigenvalue weighted by Gasteiger charge is 2.49. The molecule has 1 aliphatic carbocycles. The Labute approximate surface area is 118 Å². The molecule has 0 bridgehead atoms. The second-order valence-corrected chi connectivity index (χ2v) is 6.61. The lowest BCUT2D eigenvalue weighted by Gasteiger charge is -2.56. The van der Waals surface area contributed by atoms with Crippen molar-refractivity contribution in [1.82, 2.24) is 4.90 Å². The first-order chi connectivity index (χ1) is 9.13. The first-order valence-corrected chi connectivity index (χ1v) is 8.20. The zero-order valence-electron chi connectivity index (χ0n) is 13.1. The molecular weight excluding hydrogens is 236 g/mol.